The molecule has 2 aromatic heterocycles. The minimum atomic E-state index is 0.518. The number of piperazine rings is 1. The second-order valence-electron chi connectivity index (χ2n) is 7.07. The van der Waals surface area contributed by atoms with Gasteiger partial charge in [-0.15, -0.1) is 0 Å². The quantitative estimate of drug-likeness (QED) is 0.693. The molecule has 0 aliphatic carbocycles. The minimum Gasteiger partial charge on any atom is -0.354 e. The Kier molecular flexibility index (Phi) is 5.16. The number of rotatable bonds is 5. The Morgan fingerprint density at radius 3 is 2.70 bits per heavy atom. The molecule has 1 aromatic carbocycles. The van der Waals surface area contributed by atoms with Crippen LogP contribution in [0.3, 0.4) is 0 Å². The number of hydrogen-bond donors (Lipinski definition) is 0. The Morgan fingerprint density at radius 2 is 1.96 bits per heavy atom. The first kappa shape index (κ1) is 17.7. The molecule has 1 aliphatic heterocycles. The summed E-state index contributed by atoms with van der Waals surface area (Å²) in [6.45, 7) is 5.32. The van der Waals surface area contributed by atoms with Crippen molar-refractivity contribution in [3.8, 4) is 11.5 Å². The molecule has 3 heterocycles. The van der Waals surface area contributed by atoms with Gasteiger partial charge in [0.1, 0.15) is 5.82 Å². The van der Waals surface area contributed by atoms with Crippen molar-refractivity contribution in [3.63, 3.8) is 0 Å². The van der Waals surface area contributed by atoms with Gasteiger partial charge in [-0.2, -0.15) is 4.98 Å². The maximum absolute atomic E-state index is 5.44. The third-order valence-corrected chi connectivity index (χ3v) is 5.24. The van der Waals surface area contributed by atoms with Crippen LogP contribution in [-0.4, -0.2) is 52.7 Å². The molecule has 0 saturated carbocycles. The van der Waals surface area contributed by atoms with Gasteiger partial charge in [-0.1, -0.05) is 42.4 Å². The Morgan fingerprint density at radius 1 is 1.11 bits per heavy atom. The Hall–Kier alpha value is -2.73. The average Bonchev–Trinajstić information content (AvgIpc) is 3.18. The van der Waals surface area contributed by atoms with E-state index in [1.807, 2.05) is 30.5 Å². The number of pyridine rings is 1. The fourth-order valence-corrected chi connectivity index (χ4v) is 3.52. The SMILES string of the molecule is CC[C@@H]1CN(c2ccc(-c3nc(Cc4ccccc4)no3)cn2)CCN1C. The summed E-state index contributed by atoms with van der Waals surface area (Å²) in [5, 5.41) is 4.10. The van der Waals surface area contributed by atoms with Crippen molar-refractivity contribution >= 4 is 5.82 Å². The van der Waals surface area contributed by atoms with Crippen molar-refractivity contribution in [1.82, 2.24) is 20.0 Å². The summed E-state index contributed by atoms with van der Waals surface area (Å²) in [4.78, 5) is 13.9. The zero-order valence-corrected chi connectivity index (χ0v) is 15.9. The minimum absolute atomic E-state index is 0.518. The fraction of sp³-hybridized carbons (Fsp3) is 0.381. The maximum atomic E-state index is 5.44. The first-order chi connectivity index (χ1) is 13.2. The van der Waals surface area contributed by atoms with E-state index in [1.54, 1.807) is 0 Å². The summed E-state index contributed by atoms with van der Waals surface area (Å²) in [6, 6.07) is 14.8. The van der Waals surface area contributed by atoms with Crippen molar-refractivity contribution in [1.29, 1.82) is 0 Å². The zero-order valence-electron chi connectivity index (χ0n) is 15.9. The lowest BCUT2D eigenvalue weighted by molar-refractivity contribution is 0.213. The van der Waals surface area contributed by atoms with Crippen molar-refractivity contribution in [2.45, 2.75) is 25.8 Å². The van der Waals surface area contributed by atoms with Gasteiger partial charge >= 0.3 is 0 Å². The van der Waals surface area contributed by atoms with Crippen LogP contribution in [0.5, 0.6) is 0 Å². The molecule has 0 radical (unpaired) electrons. The highest BCUT2D eigenvalue weighted by Gasteiger charge is 2.23. The first-order valence-electron chi connectivity index (χ1n) is 9.51. The molecule has 4 rings (SSSR count). The monoisotopic (exact) mass is 363 g/mol. The second kappa shape index (κ2) is 7.88. The van der Waals surface area contributed by atoms with Crippen LogP contribution in [0, 0.1) is 0 Å². The molecule has 0 unspecified atom stereocenters. The number of aromatic nitrogens is 3. The molecule has 140 valence electrons. The number of benzene rings is 1. The van der Waals surface area contributed by atoms with Crippen LogP contribution >= 0.6 is 0 Å². The summed E-state index contributed by atoms with van der Waals surface area (Å²) in [7, 11) is 2.20. The molecule has 0 amide bonds. The molecule has 1 atom stereocenters. The van der Waals surface area contributed by atoms with Gasteiger partial charge in [0.25, 0.3) is 5.89 Å². The summed E-state index contributed by atoms with van der Waals surface area (Å²) in [5.41, 5.74) is 2.02. The molecule has 27 heavy (non-hydrogen) atoms. The summed E-state index contributed by atoms with van der Waals surface area (Å²) >= 11 is 0. The second-order valence-corrected chi connectivity index (χ2v) is 7.07. The molecule has 6 heteroatoms. The van der Waals surface area contributed by atoms with Crippen molar-refractivity contribution in [3.05, 3.63) is 60.0 Å². The molecular formula is C21H25N5O. The van der Waals surface area contributed by atoms with Crippen LogP contribution in [0.2, 0.25) is 0 Å². The molecule has 0 spiro atoms. The molecular weight excluding hydrogens is 338 g/mol. The van der Waals surface area contributed by atoms with E-state index >= 15 is 0 Å². The van der Waals surface area contributed by atoms with Crippen molar-refractivity contribution < 1.29 is 4.52 Å². The topological polar surface area (TPSA) is 58.3 Å². The lowest BCUT2D eigenvalue weighted by atomic mass is 10.1. The van der Waals surface area contributed by atoms with E-state index in [9.17, 15) is 0 Å². The summed E-state index contributed by atoms with van der Waals surface area (Å²) in [5.74, 6) is 2.21. The van der Waals surface area contributed by atoms with Gasteiger partial charge in [0.15, 0.2) is 5.82 Å². The van der Waals surface area contributed by atoms with Crippen LogP contribution in [0.1, 0.15) is 24.7 Å². The van der Waals surface area contributed by atoms with Crippen LogP contribution in [0.25, 0.3) is 11.5 Å². The Labute approximate surface area is 159 Å². The van der Waals surface area contributed by atoms with Gasteiger partial charge in [0, 0.05) is 38.3 Å². The number of anilines is 1. The number of hydrogen-bond acceptors (Lipinski definition) is 6. The van der Waals surface area contributed by atoms with Gasteiger partial charge in [-0.25, -0.2) is 4.98 Å². The largest absolute Gasteiger partial charge is 0.354 e. The predicted molar refractivity (Wildman–Crippen MR) is 106 cm³/mol. The predicted octanol–water partition coefficient (Wildman–Crippen LogP) is 3.25. The van der Waals surface area contributed by atoms with Gasteiger partial charge in [0.05, 0.1) is 5.56 Å². The maximum Gasteiger partial charge on any atom is 0.259 e. The normalized spacial score (nSPS) is 18.0. The van der Waals surface area contributed by atoms with Crippen LogP contribution in [0.4, 0.5) is 5.82 Å². The van der Waals surface area contributed by atoms with E-state index in [4.69, 9.17) is 4.52 Å². The van der Waals surface area contributed by atoms with E-state index in [-0.39, 0.29) is 0 Å². The highest BCUT2D eigenvalue weighted by molar-refractivity contribution is 5.55. The summed E-state index contributed by atoms with van der Waals surface area (Å²) in [6.07, 6.45) is 3.64. The van der Waals surface area contributed by atoms with Crippen LogP contribution in [-0.2, 0) is 6.42 Å². The first-order valence-corrected chi connectivity index (χ1v) is 9.51. The molecule has 1 saturated heterocycles. The lowest BCUT2D eigenvalue weighted by Crippen LogP contribution is -2.51. The third kappa shape index (κ3) is 4.01. The smallest absolute Gasteiger partial charge is 0.259 e. The highest BCUT2D eigenvalue weighted by atomic mass is 16.5. The standard InChI is InChI=1S/C21H25N5O/c1-3-18-15-26(12-11-25(18)2)20-10-9-17(14-22-20)21-23-19(24-27-21)13-16-7-5-4-6-8-16/h4-10,14,18H,3,11-13,15H2,1-2H3/t18-/m1/s1. The zero-order chi connectivity index (χ0) is 18.6. The van der Waals surface area contributed by atoms with Gasteiger partial charge in [-0.3, -0.25) is 4.90 Å². The van der Waals surface area contributed by atoms with E-state index in [2.05, 4.69) is 57.1 Å². The van der Waals surface area contributed by atoms with Crippen LogP contribution in [0.15, 0.2) is 53.2 Å². The lowest BCUT2D eigenvalue weighted by Gasteiger charge is -2.39. The van der Waals surface area contributed by atoms with Gasteiger partial charge < -0.3 is 9.42 Å². The van der Waals surface area contributed by atoms with Crippen LogP contribution < -0.4 is 4.90 Å². The number of nitrogens with zero attached hydrogens (tertiary/aromatic N) is 5. The van der Waals surface area contributed by atoms with E-state index < -0.39 is 0 Å². The van der Waals surface area contributed by atoms with E-state index in [0.29, 0.717) is 24.2 Å². The molecule has 1 fully saturated rings. The Bertz CT molecular complexity index is 862. The molecule has 3 aromatic rings. The molecule has 0 N–H and O–H groups in total. The van der Waals surface area contributed by atoms with Gasteiger partial charge in [0.2, 0.25) is 0 Å². The number of likely N-dealkylation sites (N-methyl/N-ethyl adjacent to an activating group) is 1. The van der Waals surface area contributed by atoms with E-state index in [1.165, 1.54) is 5.56 Å². The molecule has 1 aliphatic rings. The Balaban J connectivity index is 1.45. The molecule has 6 nitrogen and oxygen atoms in total. The fourth-order valence-electron chi connectivity index (χ4n) is 3.52. The van der Waals surface area contributed by atoms with E-state index in [0.717, 1.165) is 37.4 Å². The highest BCUT2D eigenvalue weighted by Crippen LogP contribution is 2.22. The molecule has 0 bridgehead atoms. The summed E-state index contributed by atoms with van der Waals surface area (Å²) < 4.78 is 5.44. The average molecular weight is 363 g/mol. The van der Waals surface area contributed by atoms with Crippen molar-refractivity contribution in [2.24, 2.45) is 0 Å². The van der Waals surface area contributed by atoms with Gasteiger partial charge in [-0.05, 0) is 31.2 Å². The van der Waals surface area contributed by atoms with Crippen molar-refractivity contribution in [2.75, 3.05) is 31.6 Å². The third-order valence-electron chi connectivity index (χ3n) is 5.24.